The number of hydrogen-bond acceptors (Lipinski definition) is 1. The second-order valence-electron chi connectivity index (χ2n) is 6.98. The summed E-state index contributed by atoms with van der Waals surface area (Å²) in [4.78, 5) is 0. The zero-order valence-electron chi connectivity index (χ0n) is 11.6. The highest BCUT2D eigenvalue weighted by atomic mass is 16.3. The smallest absolute Gasteiger partial charge is 0.115 e. The third-order valence-corrected chi connectivity index (χ3v) is 6.04. The molecule has 1 N–H and O–H groups in total. The van der Waals surface area contributed by atoms with E-state index >= 15 is 0 Å². The fourth-order valence-corrected chi connectivity index (χ4v) is 5.05. The Labute approximate surface area is 115 Å². The molecule has 0 spiro atoms. The van der Waals surface area contributed by atoms with E-state index in [1.807, 2.05) is 12.1 Å². The van der Waals surface area contributed by atoms with Crippen LogP contribution in [0.15, 0.2) is 30.4 Å². The number of phenols is 1. The molecule has 19 heavy (non-hydrogen) atoms. The molecule has 1 fully saturated rings. The van der Waals surface area contributed by atoms with Gasteiger partial charge in [0.1, 0.15) is 5.75 Å². The Bertz CT molecular complexity index is 545. The minimum absolute atomic E-state index is 0.431. The number of benzene rings is 1. The third-order valence-electron chi connectivity index (χ3n) is 6.04. The average Bonchev–Trinajstić information content (AvgIpc) is 2.79. The van der Waals surface area contributed by atoms with Gasteiger partial charge >= 0.3 is 0 Å². The Morgan fingerprint density at radius 3 is 3.05 bits per heavy atom. The van der Waals surface area contributed by atoms with E-state index in [1.165, 1.54) is 36.8 Å². The molecule has 1 aromatic rings. The fraction of sp³-hybridized carbons (Fsp3) is 0.556. The Kier molecular flexibility index (Phi) is 2.36. The Hall–Kier alpha value is -1.24. The van der Waals surface area contributed by atoms with Crippen molar-refractivity contribution >= 4 is 0 Å². The molecular weight excluding hydrogens is 232 g/mol. The van der Waals surface area contributed by atoms with Crippen LogP contribution in [-0.2, 0) is 6.42 Å². The van der Waals surface area contributed by atoms with E-state index in [-0.39, 0.29) is 0 Å². The van der Waals surface area contributed by atoms with Crippen LogP contribution < -0.4 is 0 Å². The Morgan fingerprint density at radius 2 is 2.16 bits per heavy atom. The zero-order valence-corrected chi connectivity index (χ0v) is 11.6. The Morgan fingerprint density at radius 1 is 1.26 bits per heavy atom. The van der Waals surface area contributed by atoms with Crippen molar-refractivity contribution in [3.63, 3.8) is 0 Å². The average molecular weight is 254 g/mol. The number of hydrogen-bond donors (Lipinski definition) is 1. The molecule has 0 aliphatic heterocycles. The molecule has 1 aromatic carbocycles. The number of fused-ring (bicyclic) bond motifs is 5. The Balaban J connectivity index is 1.73. The summed E-state index contributed by atoms with van der Waals surface area (Å²) in [6.45, 7) is 2.46. The van der Waals surface area contributed by atoms with Crippen LogP contribution in [0.5, 0.6) is 5.75 Å². The van der Waals surface area contributed by atoms with Crippen molar-refractivity contribution in [1.29, 1.82) is 0 Å². The maximum atomic E-state index is 9.67. The number of aryl methyl sites for hydroxylation is 1. The molecule has 0 saturated heterocycles. The second kappa shape index (κ2) is 3.88. The summed E-state index contributed by atoms with van der Waals surface area (Å²) in [6, 6.07) is 6.06. The number of allylic oxidation sites excluding steroid dienone is 2. The molecule has 3 aliphatic rings. The van der Waals surface area contributed by atoms with Crippen molar-refractivity contribution in [3.05, 3.63) is 41.5 Å². The van der Waals surface area contributed by atoms with Gasteiger partial charge in [0.25, 0.3) is 0 Å². The summed E-state index contributed by atoms with van der Waals surface area (Å²) in [7, 11) is 0. The lowest BCUT2D eigenvalue weighted by atomic mass is 9.56. The lowest BCUT2D eigenvalue weighted by Gasteiger charge is -2.49. The monoisotopic (exact) mass is 254 g/mol. The summed E-state index contributed by atoms with van der Waals surface area (Å²) in [6.07, 6.45) is 11.3. The summed E-state index contributed by atoms with van der Waals surface area (Å²) in [5.41, 5.74) is 3.40. The molecule has 3 aliphatic carbocycles. The zero-order chi connectivity index (χ0) is 13.0. The lowest BCUT2D eigenvalue weighted by molar-refractivity contribution is 0.0826. The van der Waals surface area contributed by atoms with Crippen molar-refractivity contribution < 1.29 is 5.11 Å². The summed E-state index contributed by atoms with van der Waals surface area (Å²) in [5, 5.41) is 9.67. The standard InChI is InChI=1S/C18H22O/c1-18-9-2-3-17(18)16-6-4-12-11-13(19)5-7-14(12)15(16)8-10-18/h2,5,7,9,11,15-17,19H,3-4,6,8,10H2,1H3/t15-,16-,17+,18+/m1/s1. The molecule has 4 atom stereocenters. The van der Waals surface area contributed by atoms with Crippen LogP contribution in [0, 0.1) is 17.3 Å². The van der Waals surface area contributed by atoms with E-state index < -0.39 is 0 Å². The molecule has 0 heterocycles. The minimum Gasteiger partial charge on any atom is -0.508 e. The molecule has 1 saturated carbocycles. The van der Waals surface area contributed by atoms with E-state index in [9.17, 15) is 5.11 Å². The molecule has 0 aromatic heterocycles. The van der Waals surface area contributed by atoms with E-state index in [0.29, 0.717) is 11.2 Å². The van der Waals surface area contributed by atoms with Crippen LogP contribution in [0.2, 0.25) is 0 Å². The summed E-state index contributed by atoms with van der Waals surface area (Å²) in [5.74, 6) is 2.88. The first-order valence-electron chi connectivity index (χ1n) is 7.67. The first-order valence-corrected chi connectivity index (χ1v) is 7.67. The highest BCUT2D eigenvalue weighted by Gasteiger charge is 2.48. The van der Waals surface area contributed by atoms with Crippen LogP contribution >= 0.6 is 0 Å². The van der Waals surface area contributed by atoms with Crippen molar-refractivity contribution in [1.82, 2.24) is 0 Å². The fourth-order valence-electron chi connectivity index (χ4n) is 5.05. The SMILES string of the molecule is C[C@@]12C=CC[C@H]1[C@@H]1CCc3cc(O)ccc3[C@H]1CC2. The minimum atomic E-state index is 0.431. The predicted octanol–water partition coefficient (Wildman–Crippen LogP) is 4.41. The molecule has 100 valence electrons. The van der Waals surface area contributed by atoms with E-state index in [2.05, 4.69) is 25.1 Å². The number of rotatable bonds is 0. The molecule has 0 unspecified atom stereocenters. The van der Waals surface area contributed by atoms with Crippen molar-refractivity contribution in [2.24, 2.45) is 17.3 Å². The first-order chi connectivity index (χ1) is 9.17. The van der Waals surface area contributed by atoms with E-state index in [0.717, 1.165) is 24.2 Å². The molecular formula is C18H22O. The highest BCUT2D eigenvalue weighted by Crippen LogP contribution is 2.58. The van der Waals surface area contributed by atoms with Gasteiger partial charge in [-0.2, -0.15) is 0 Å². The van der Waals surface area contributed by atoms with Gasteiger partial charge in [-0.05, 0) is 78.5 Å². The predicted molar refractivity (Wildman–Crippen MR) is 77.2 cm³/mol. The normalized spacial score (nSPS) is 39.5. The van der Waals surface area contributed by atoms with E-state index in [4.69, 9.17) is 0 Å². The maximum Gasteiger partial charge on any atom is 0.115 e. The van der Waals surface area contributed by atoms with Gasteiger partial charge in [-0.3, -0.25) is 0 Å². The quantitative estimate of drug-likeness (QED) is 0.680. The molecule has 0 bridgehead atoms. The third kappa shape index (κ3) is 1.60. The number of phenolic OH excluding ortho intramolecular Hbond substituents is 1. The van der Waals surface area contributed by atoms with Gasteiger partial charge in [-0.1, -0.05) is 25.1 Å². The largest absolute Gasteiger partial charge is 0.508 e. The molecule has 4 rings (SSSR count). The molecule has 1 nitrogen and oxygen atoms in total. The highest BCUT2D eigenvalue weighted by molar-refractivity contribution is 5.40. The lowest BCUT2D eigenvalue weighted by Crippen LogP contribution is -2.39. The first kappa shape index (κ1) is 11.6. The van der Waals surface area contributed by atoms with Gasteiger partial charge in [-0.15, -0.1) is 0 Å². The van der Waals surface area contributed by atoms with Gasteiger partial charge in [0.05, 0.1) is 0 Å². The van der Waals surface area contributed by atoms with Gasteiger partial charge in [0.15, 0.2) is 0 Å². The van der Waals surface area contributed by atoms with Crippen molar-refractivity contribution in [3.8, 4) is 5.75 Å². The van der Waals surface area contributed by atoms with Crippen LogP contribution in [0.3, 0.4) is 0 Å². The topological polar surface area (TPSA) is 20.2 Å². The van der Waals surface area contributed by atoms with Crippen LogP contribution in [0.1, 0.15) is 49.7 Å². The van der Waals surface area contributed by atoms with Gasteiger partial charge < -0.3 is 5.11 Å². The summed E-state index contributed by atoms with van der Waals surface area (Å²) < 4.78 is 0. The van der Waals surface area contributed by atoms with Crippen molar-refractivity contribution in [2.45, 2.75) is 44.9 Å². The van der Waals surface area contributed by atoms with Gasteiger partial charge in [-0.25, -0.2) is 0 Å². The van der Waals surface area contributed by atoms with Gasteiger partial charge in [0, 0.05) is 0 Å². The van der Waals surface area contributed by atoms with Crippen LogP contribution in [-0.4, -0.2) is 5.11 Å². The summed E-state index contributed by atoms with van der Waals surface area (Å²) >= 11 is 0. The van der Waals surface area contributed by atoms with Crippen LogP contribution in [0.25, 0.3) is 0 Å². The van der Waals surface area contributed by atoms with Crippen LogP contribution in [0.4, 0.5) is 0 Å². The van der Waals surface area contributed by atoms with Crippen molar-refractivity contribution in [2.75, 3.05) is 0 Å². The van der Waals surface area contributed by atoms with E-state index in [1.54, 1.807) is 0 Å². The molecule has 0 amide bonds. The second-order valence-corrected chi connectivity index (χ2v) is 6.98. The molecule has 1 heteroatoms. The number of aromatic hydroxyl groups is 1. The molecule has 0 radical (unpaired) electrons. The van der Waals surface area contributed by atoms with Gasteiger partial charge in [0.2, 0.25) is 0 Å². The maximum absolute atomic E-state index is 9.67.